The monoisotopic (exact) mass is 345 g/mol. The highest BCUT2D eigenvalue weighted by Crippen LogP contribution is 2.32. The summed E-state index contributed by atoms with van der Waals surface area (Å²) in [7, 11) is 0. The fourth-order valence-corrected chi connectivity index (χ4v) is 4.40. The van der Waals surface area contributed by atoms with E-state index in [4.69, 9.17) is 4.74 Å². The maximum Gasteiger partial charge on any atom is 0.124 e. The number of ether oxygens (including phenoxy) is 1. The summed E-state index contributed by atoms with van der Waals surface area (Å²) < 4.78 is 5.99. The number of benzene rings is 1. The Kier molecular flexibility index (Phi) is 6.74. The minimum Gasteiger partial charge on any atom is -0.494 e. The molecule has 0 bridgehead atoms. The molecule has 4 heteroatoms. The van der Waals surface area contributed by atoms with E-state index in [2.05, 4.69) is 60.2 Å². The number of piperidine rings is 1. The fourth-order valence-electron chi connectivity index (χ4n) is 4.40. The zero-order valence-electron chi connectivity index (χ0n) is 16.2. The molecular formula is C21H35N3O. The van der Waals surface area contributed by atoms with Crippen molar-refractivity contribution in [3.8, 4) is 5.75 Å². The highest BCUT2D eigenvalue weighted by molar-refractivity contribution is 5.36. The number of nitrogens with zero attached hydrogens (tertiary/aromatic N) is 2. The zero-order chi connectivity index (χ0) is 17.6. The molecular weight excluding hydrogens is 310 g/mol. The first-order chi connectivity index (χ1) is 12.2. The number of para-hydroxylation sites is 1. The molecule has 0 aliphatic carbocycles. The summed E-state index contributed by atoms with van der Waals surface area (Å²) in [4.78, 5) is 5.34. The Labute approximate surface area is 153 Å². The van der Waals surface area contributed by atoms with Crippen molar-refractivity contribution in [3.63, 3.8) is 0 Å². The first-order valence-electron chi connectivity index (χ1n) is 10.1. The van der Waals surface area contributed by atoms with Crippen molar-refractivity contribution in [2.45, 2.75) is 45.7 Å². The lowest BCUT2D eigenvalue weighted by Crippen LogP contribution is -2.52. The van der Waals surface area contributed by atoms with E-state index in [1.165, 1.54) is 31.5 Å². The normalized spacial score (nSPS) is 27.2. The molecule has 3 rings (SSSR count). The minimum absolute atomic E-state index is 0.414. The van der Waals surface area contributed by atoms with Crippen LogP contribution >= 0.6 is 0 Å². The van der Waals surface area contributed by atoms with Crippen molar-refractivity contribution in [3.05, 3.63) is 29.8 Å². The van der Waals surface area contributed by atoms with Crippen LogP contribution in [0.1, 0.15) is 45.2 Å². The van der Waals surface area contributed by atoms with Gasteiger partial charge in [-0.3, -0.25) is 4.90 Å². The van der Waals surface area contributed by atoms with Crippen LogP contribution in [0, 0.1) is 5.92 Å². The molecule has 0 spiro atoms. The Balaban J connectivity index is 1.83. The number of nitrogens with one attached hydrogen (secondary N) is 1. The van der Waals surface area contributed by atoms with Gasteiger partial charge in [0.1, 0.15) is 5.75 Å². The molecule has 0 radical (unpaired) electrons. The first-order valence-corrected chi connectivity index (χ1v) is 10.1. The third-order valence-electron chi connectivity index (χ3n) is 5.59. The number of hydrogen-bond acceptors (Lipinski definition) is 4. The highest BCUT2D eigenvalue weighted by Gasteiger charge is 2.29. The smallest absolute Gasteiger partial charge is 0.124 e. The first kappa shape index (κ1) is 18.7. The highest BCUT2D eigenvalue weighted by atomic mass is 16.5. The molecule has 0 saturated carbocycles. The summed E-state index contributed by atoms with van der Waals surface area (Å²) in [6.45, 7) is 14.4. The van der Waals surface area contributed by atoms with Crippen LogP contribution in [-0.4, -0.2) is 61.7 Å². The standard InChI is InChI=1S/C21H35N3O/c1-4-25-21-10-6-5-9-19(21)20(24-13-11-22-18(3)15-24)16-23-12-7-8-17(2)14-23/h5-6,9-10,17-18,20,22H,4,7-8,11-16H2,1-3H3. The molecule has 2 aliphatic heterocycles. The molecule has 0 aromatic heterocycles. The van der Waals surface area contributed by atoms with Crippen molar-refractivity contribution < 1.29 is 4.74 Å². The number of rotatable bonds is 6. The van der Waals surface area contributed by atoms with Gasteiger partial charge in [-0.1, -0.05) is 25.1 Å². The van der Waals surface area contributed by atoms with Gasteiger partial charge >= 0.3 is 0 Å². The van der Waals surface area contributed by atoms with E-state index >= 15 is 0 Å². The summed E-state index contributed by atoms with van der Waals surface area (Å²) in [5.41, 5.74) is 1.36. The minimum atomic E-state index is 0.414. The second-order valence-electron chi connectivity index (χ2n) is 7.84. The van der Waals surface area contributed by atoms with Gasteiger partial charge in [0.05, 0.1) is 12.6 Å². The van der Waals surface area contributed by atoms with Gasteiger partial charge in [-0.25, -0.2) is 0 Å². The predicted molar refractivity (Wildman–Crippen MR) is 104 cm³/mol. The van der Waals surface area contributed by atoms with Crippen molar-refractivity contribution in [2.75, 3.05) is 45.9 Å². The summed E-state index contributed by atoms with van der Waals surface area (Å²) in [6, 6.07) is 9.63. The van der Waals surface area contributed by atoms with E-state index in [1.54, 1.807) is 0 Å². The number of likely N-dealkylation sites (tertiary alicyclic amines) is 1. The number of hydrogen-bond donors (Lipinski definition) is 1. The van der Waals surface area contributed by atoms with Crippen molar-refractivity contribution in [1.29, 1.82) is 0 Å². The average molecular weight is 346 g/mol. The third-order valence-corrected chi connectivity index (χ3v) is 5.59. The van der Waals surface area contributed by atoms with Crippen LogP contribution in [0.25, 0.3) is 0 Å². The van der Waals surface area contributed by atoms with Gasteiger partial charge in [0.2, 0.25) is 0 Å². The molecule has 0 amide bonds. The topological polar surface area (TPSA) is 27.7 Å². The van der Waals surface area contributed by atoms with Gasteiger partial charge < -0.3 is 15.0 Å². The molecule has 4 nitrogen and oxygen atoms in total. The Morgan fingerprint density at radius 3 is 2.80 bits per heavy atom. The predicted octanol–water partition coefficient (Wildman–Crippen LogP) is 3.15. The molecule has 1 aromatic carbocycles. The molecule has 25 heavy (non-hydrogen) atoms. The average Bonchev–Trinajstić information content (AvgIpc) is 2.61. The maximum absolute atomic E-state index is 5.99. The van der Waals surface area contributed by atoms with Gasteiger partial charge in [-0.15, -0.1) is 0 Å². The Morgan fingerprint density at radius 1 is 1.20 bits per heavy atom. The second kappa shape index (κ2) is 9.02. The molecule has 1 N–H and O–H groups in total. The maximum atomic E-state index is 5.99. The van der Waals surface area contributed by atoms with Gasteiger partial charge in [-0.2, -0.15) is 0 Å². The SMILES string of the molecule is CCOc1ccccc1C(CN1CCCC(C)C1)N1CCNC(C)C1. The van der Waals surface area contributed by atoms with Crippen molar-refractivity contribution >= 4 is 0 Å². The second-order valence-corrected chi connectivity index (χ2v) is 7.84. The van der Waals surface area contributed by atoms with E-state index in [0.29, 0.717) is 12.1 Å². The Morgan fingerprint density at radius 2 is 2.04 bits per heavy atom. The van der Waals surface area contributed by atoms with Gasteiger partial charge in [-0.05, 0) is 45.2 Å². The molecule has 2 aliphatic rings. The van der Waals surface area contributed by atoms with Gasteiger partial charge in [0.25, 0.3) is 0 Å². The van der Waals surface area contributed by atoms with Crippen LogP contribution < -0.4 is 10.1 Å². The summed E-state index contributed by atoms with van der Waals surface area (Å²) in [5.74, 6) is 1.88. The molecule has 2 saturated heterocycles. The van der Waals surface area contributed by atoms with E-state index in [1.807, 2.05) is 0 Å². The third kappa shape index (κ3) is 4.96. The largest absolute Gasteiger partial charge is 0.494 e. The van der Waals surface area contributed by atoms with Crippen LogP contribution in [-0.2, 0) is 0 Å². The quantitative estimate of drug-likeness (QED) is 0.857. The molecule has 2 fully saturated rings. The lowest BCUT2D eigenvalue weighted by Gasteiger charge is -2.42. The van der Waals surface area contributed by atoms with Crippen LogP contribution in [0.2, 0.25) is 0 Å². The van der Waals surface area contributed by atoms with Crippen molar-refractivity contribution in [2.24, 2.45) is 5.92 Å². The Bertz CT molecular complexity index is 536. The van der Waals surface area contributed by atoms with Crippen LogP contribution in [0.5, 0.6) is 5.75 Å². The van der Waals surface area contributed by atoms with E-state index < -0.39 is 0 Å². The summed E-state index contributed by atoms with van der Waals surface area (Å²) in [6.07, 6.45) is 2.71. The fraction of sp³-hybridized carbons (Fsp3) is 0.714. The molecule has 1 aromatic rings. The molecule has 3 atom stereocenters. The van der Waals surface area contributed by atoms with E-state index in [9.17, 15) is 0 Å². The van der Waals surface area contributed by atoms with Crippen LogP contribution in [0.4, 0.5) is 0 Å². The summed E-state index contributed by atoms with van der Waals surface area (Å²) in [5, 5.41) is 3.58. The Hall–Kier alpha value is -1.10. The molecule has 3 unspecified atom stereocenters. The van der Waals surface area contributed by atoms with E-state index in [0.717, 1.165) is 44.5 Å². The van der Waals surface area contributed by atoms with Gasteiger partial charge in [0, 0.05) is 44.3 Å². The van der Waals surface area contributed by atoms with Crippen LogP contribution in [0.3, 0.4) is 0 Å². The molecule has 2 heterocycles. The van der Waals surface area contributed by atoms with Crippen LogP contribution in [0.15, 0.2) is 24.3 Å². The lowest BCUT2D eigenvalue weighted by atomic mass is 9.97. The number of piperazine rings is 1. The summed E-state index contributed by atoms with van der Waals surface area (Å²) >= 11 is 0. The molecule has 140 valence electrons. The van der Waals surface area contributed by atoms with Gasteiger partial charge in [0.15, 0.2) is 0 Å². The zero-order valence-corrected chi connectivity index (χ0v) is 16.2. The lowest BCUT2D eigenvalue weighted by molar-refractivity contribution is 0.0878. The van der Waals surface area contributed by atoms with E-state index in [-0.39, 0.29) is 0 Å². The van der Waals surface area contributed by atoms with Crippen molar-refractivity contribution in [1.82, 2.24) is 15.1 Å².